The number of ether oxygens (including phenoxy) is 1. The largest absolute Gasteiger partial charge is 0.494 e. The van der Waals surface area contributed by atoms with E-state index in [-0.39, 0.29) is 34.2 Å². The molecule has 0 spiro atoms. The van der Waals surface area contributed by atoms with E-state index >= 15 is 0 Å². The van der Waals surface area contributed by atoms with Crippen LogP contribution in [0.25, 0.3) is 22.4 Å². The summed E-state index contributed by atoms with van der Waals surface area (Å²) in [6.45, 7) is 1.25. The zero-order chi connectivity index (χ0) is 23.7. The molecule has 2 heterocycles. The van der Waals surface area contributed by atoms with Crippen LogP contribution < -0.4 is 20.9 Å². The van der Waals surface area contributed by atoms with Crippen molar-refractivity contribution in [1.82, 2.24) is 9.55 Å². The summed E-state index contributed by atoms with van der Waals surface area (Å²) in [7, 11) is 2.95. The normalized spacial score (nSPS) is 14.2. The molecule has 1 aliphatic heterocycles. The molecule has 0 bridgehead atoms. The minimum absolute atomic E-state index is 0.0378. The lowest BCUT2D eigenvalue weighted by molar-refractivity contribution is 0.386. The van der Waals surface area contributed by atoms with Gasteiger partial charge in [-0.25, -0.2) is 13.8 Å². The summed E-state index contributed by atoms with van der Waals surface area (Å²) in [6.07, 6.45) is 1.50. The molecule has 1 saturated heterocycles. The van der Waals surface area contributed by atoms with Crippen molar-refractivity contribution >= 4 is 5.95 Å². The number of piperidine rings is 1. The van der Waals surface area contributed by atoms with Gasteiger partial charge in [-0.05, 0) is 42.7 Å². The minimum atomic E-state index is -0.727. The highest BCUT2D eigenvalue weighted by Gasteiger charge is 2.25. The van der Waals surface area contributed by atoms with Crippen molar-refractivity contribution in [2.75, 3.05) is 25.1 Å². The maximum atomic E-state index is 14.5. The van der Waals surface area contributed by atoms with E-state index in [9.17, 15) is 13.6 Å². The molecule has 2 aromatic carbocycles. The number of nitrogens with two attached hydrogens (primary N) is 1. The summed E-state index contributed by atoms with van der Waals surface area (Å²) in [5.41, 5.74) is 6.42. The van der Waals surface area contributed by atoms with Crippen LogP contribution in [0.1, 0.15) is 18.4 Å². The van der Waals surface area contributed by atoms with E-state index in [1.54, 1.807) is 19.2 Å². The summed E-state index contributed by atoms with van der Waals surface area (Å²) < 4.78 is 35.4. The second-order valence-corrected chi connectivity index (χ2v) is 7.98. The quantitative estimate of drug-likeness (QED) is 0.654. The van der Waals surface area contributed by atoms with Gasteiger partial charge in [0.05, 0.1) is 23.9 Å². The molecule has 9 heteroatoms. The Bertz CT molecular complexity index is 1310. The van der Waals surface area contributed by atoms with Gasteiger partial charge in [0.1, 0.15) is 11.9 Å². The zero-order valence-corrected chi connectivity index (χ0v) is 18.3. The van der Waals surface area contributed by atoms with Gasteiger partial charge in [-0.2, -0.15) is 5.26 Å². The van der Waals surface area contributed by atoms with Crippen LogP contribution in [0.15, 0.2) is 41.2 Å². The van der Waals surface area contributed by atoms with Crippen molar-refractivity contribution in [2.45, 2.75) is 18.9 Å². The summed E-state index contributed by atoms with van der Waals surface area (Å²) in [4.78, 5) is 20.2. The number of halogens is 2. The third-order valence-corrected chi connectivity index (χ3v) is 5.89. The van der Waals surface area contributed by atoms with E-state index in [4.69, 9.17) is 20.7 Å². The second-order valence-electron chi connectivity index (χ2n) is 7.98. The first-order valence-corrected chi connectivity index (χ1v) is 10.5. The Balaban J connectivity index is 1.96. The molecule has 2 N–H and O–H groups in total. The topological polar surface area (TPSA) is 97.2 Å². The van der Waals surface area contributed by atoms with Crippen molar-refractivity contribution < 1.29 is 13.5 Å². The molecule has 1 aromatic heterocycles. The van der Waals surface area contributed by atoms with E-state index < -0.39 is 17.2 Å². The van der Waals surface area contributed by atoms with E-state index in [0.29, 0.717) is 24.6 Å². The predicted octanol–water partition coefficient (Wildman–Crippen LogP) is 3.20. The van der Waals surface area contributed by atoms with Crippen LogP contribution in [0.5, 0.6) is 5.75 Å². The van der Waals surface area contributed by atoms with Gasteiger partial charge in [0.2, 0.25) is 5.95 Å². The van der Waals surface area contributed by atoms with Crippen LogP contribution >= 0.6 is 0 Å². The molecule has 170 valence electrons. The molecule has 1 fully saturated rings. The van der Waals surface area contributed by atoms with Gasteiger partial charge >= 0.3 is 0 Å². The van der Waals surface area contributed by atoms with Crippen LogP contribution in [0.2, 0.25) is 0 Å². The van der Waals surface area contributed by atoms with Gasteiger partial charge in [0.15, 0.2) is 11.6 Å². The molecule has 1 aliphatic rings. The number of aromatic nitrogens is 2. The van der Waals surface area contributed by atoms with E-state index in [2.05, 4.69) is 0 Å². The van der Waals surface area contributed by atoms with Crippen molar-refractivity contribution in [3.8, 4) is 34.2 Å². The second kappa shape index (κ2) is 9.00. The van der Waals surface area contributed by atoms with E-state index in [0.717, 1.165) is 12.8 Å². The van der Waals surface area contributed by atoms with E-state index in [1.807, 2.05) is 4.90 Å². The Labute approximate surface area is 189 Å². The fourth-order valence-electron chi connectivity index (χ4n) is 4.02. The molecule has 4 rings (SSSR count). The van der Waals surface area contributed by atoms with Gasteiger partial charge in [0.25, 0.3) is 5.56 Å². The SMILES string of the molecule is COc1ccc(-c2c(-c3ccc(C#N)c(F)c3)nc(N3CCC(N)CC3)n(C)c2=O)cc1F. The smallest absolute Gasteiger partial charge is 0.263 e. The number of rotatable bonds is 4. The Morgan fingerprint density at radius 1 is 1.12 bits per heavy atom. The number of hydrogen-bond acceptors (Lipinski definition) is 6. The predicted molar refractivity (Wildman–Crippen MR) is 121 cm³/mol. The fourth-order valence-corrected chi connectivity index (χ4v) is 4.02. The summed E-state index contributed by atoms with van der Waals surface area (Å²) in [6, 6.07) is 10.1. The van der Waals surface area contributed by atoms with Crippen molar-refractivity contribution in [3.05, 3.63) is 63.9 Å². The van der Waals surface area contributed by atoms with Crippen LogP contribution in [0.4, 0.5) is 14.7 Å². The lowest BCUT2D eigenvalue weighted by Crippen LogP contribution is -2.42. The number of methoxy groups -OCH3 is 1. The van der Waals surface area contributed by atoms with Gasteiger partial charge in [0, 0.05) is 31.7 Å². The maximum Gasteiger partial charge on any atom is 0.263 e. The molecule has 0 saturated carbocycles. The Hall–Kier alpha value is -3.77. The lowest BCUT2D eigenvalue weighted by Gasteiger charge is -2.32. The first kappa shape index (κ1) is 22.4. The monoisotopic (exact) mass is 451 g/mol. The average Bonchev–Trinajstić information content (AvgIpc) is 2.81. The molecule has 0 atom stereocenters. The lowest BCUT2D eigenvalue weighted by atomic mass is 9.99. The Kier molecular flexibility index (Phi) is 6.11. The number of anilines is 1. The Morgan fingerprint density at radius 2 is 1.79 bits per heavy atom. The molecular weight excluding hydrogens is 428 g/mol. The molecule has 7 nitrogen and oxygen atoms in total. The minimum Gasteiger partial charge on any atom is -0.494 e. The van der Waals surface area contributed by atoms with Crippen LogP contribution in [0, 0.1) is 23.0 Å². The standard InChI is InChI=1S/C24H23F2N5O2/c1-30-23(32)21(14-5-6-20(33-2)19(26)11-14)22(15-3-4-16(13-27)18(25)12-15)29-24(30)31-9-7-17(28)8-10-31/h3-6,11-12,17H,7-10,28H2,1-2H3. The Morgan fingerprint density at radius 3 is 2.39 bits per heavy atom. The van der Waals surface area contributed by atoms with Crippen LogP contribution in [-0.2, 0) is 7.05 Å². The molecule has 33 heavy (non-hydrogen) atoms. The average molecular weight is 451 g/mol. The van der Waals surface area contributed by atoms with Crippen molar-refractivity contribution in [3.63, 3.8) is 0 Å². The summed E-state index contributed by atoms with van der Waals surface area (Å²) >= 11 is 0. The van der Waals surface area contributed by atoms with Crippen molar-refractivity contribution in [2.24, 2.45) is 12.8 Å². The molecule has 0 unspecified atom stereocenters. The summed E-state index contributed by atoms with van der Waals surface area (Å²) in [5.74, 6) is -0.905. The van der Waals surface area contributed by atoms with Gasteiger partial charge in [-0.3, -0.25) is 9.36 Å². The third kappa shape index (κ3) is 4.17. The number of nitriles is 1. The first-order valence-electron chi connectivity index (χ1n) is 10.5. The summed E-state index contributed by atoms with van der Waals surface area (Å²) in [5, 5.41) is 9.08. The number of benzene rings is 2. The number of hydrogen-bond donors (Lipinski definition) is 1. The fraction of sp³-hybridized carbons (Fsp3) is 0.292. The highest BCUT2D eigenvalue weighted by molar-refractivity contribution is 5.81. The molecule has 0 aliphatic carbocycles. The molecule has 0 amide bonds. The first-order chi connectivity index (χ1) is 15.8. The maximum absolute atomic E-state index is 14.5. The highest BCUT2D eigenvalue weighted by Crippen LogP contribution is 2.33. The number of nitrogens with zero attached hydrogens (tertiary/aromatic N) is 4. The van der Waals surface area contributed by atoms with Crippen molar-refractivity contribution in [1.29, 1.82) is 5.26 Å². The molecular formula is C24H23F2N5O2. The van der Waals surface area contributed by atoms with Gasteiger partial charge < -0.3 is 15.4 Å². The zero-order valence-electron chi connectivity index (χ0n) is 18.3. The van der Waals surface area contributed by atoms with E-state index in [1.165, 1.54) is 42.0 Å². The third-order valence-electron chi connectivity index (χ3n) is 5.89. The van der Waals surface area contributed by atoms with Crippen LogP contribution in [-0.4, -0.2) is 35.8 Å². The molecule has 3 aromatic rings. The molecule has 0 radical (unpaired) electrons. The van der Waals surface area contributed by atoms with Gasteiger partial charge in [-0.1, -0.05) is 12.1 Å². The highest BCUT2D eigenvalue weighted by atomic mass is 19.1. The van der Waals surface area contributed by atoms with Gasteiger partial charge in [-0.15, -0.1) is 0 Å². The van der Waals surface area contributed by atoms with Crippen LogP contribution in [0.3, 0.4) is 0 Å².